The summed E-state index contributed by atoms with van der Waals surface area (Å²) in [5, 5.41) is 15.5. The van der Waals surface area contributed by atoms with Crippen molar-refractivity contribution in [3.05, 3.63) is 57.2 Å². The lowest BCUT2D eigenvalue weighted by atomic mass is 9.62. The number of phenols is 1. The Labute approximate surface area is 154 Å². The predicted molar refractivity (Wildman–Crippen MR) is 97.3 cm³/mol. The van der Waals surface area contributed by atoms with Crippen molar-refractivity contribution >= 4 is 30.1 Å². The number of nitrogens with zero attached hydrogens (tertiary/aromatic N) is 1. The molecule has 0 saturated carbocycles. The lowest BCUT2D eigenvalue weighted by Crippen LogP contribution is -2.43. The molecule has 0 saturated heterocycles. The number of hydrogen-bond donors (Lipinski definition) is 3. The largest absolute Gasteiger partial charge is 0.507 e. The molecule has 0 bridgehead atoms. The molecule has 1 amide bonds. The molecule has 26 heavy (non-hydrogen) atoms. The highest BCUT2D eigenvalue weighted by Gasteiger charge is 2.51. The van der Waals surface area contributed by atoms with Crippen molar-refractivity contribution in [2.75, 3.05) is 12.3 Å². The number of nitroso groups, excluding NO2 is 1. The van der Waals surface area contributed by atoms with E-state index < -0.39 is 22.9 Å². The molecule has 2 aliphatic carbocycles. The summed E-state index contributed by atoms with van der Waals surface area (Å²) in [6.45, 7) is 1.83. The van der Waals surface area contributed by atoms with Crippen LogP contribution >= 0.6 is 12.6 Å². The van der Waals surface area contributed by atoms with Gasteiger partial charge in [0.15, 0.2) is 11.6 Å². The summed E-state index contributed by atoms with van der Waals surface area (Å²) in [5.74, 6) is -1.41. The van der Waals surface area contributed by atoms with Gasteiger partial charge in [-0.2, -0.15) is 12.6 Å². The lowest BCUT2D eigenvalue weighted by Gasteiger charge is -2.38. The first-order valence-corrected chi connectivity index (χ1v) is 8.57. The number of phenolic OH excluding ortho intramolecular Hbond substituents is 1. The second-order valence-corrected chi connectivity index (χ2v) is 6.81. The van der Waals surface area contributed by atoms with Crippen molar-refractivity contribution in [1.29, 1.82) is 0 Å². The van der Waals surface area contributed by atoms with Crippen LogP contribution < -0.4 is 5.32 Å². The summed E-state index contributed by atoms with van der Waals surface area (Å²) >= 11 is 4.02. The molecule has 2 aliphatic rings. The van der Waals surface area contributed by atoms with Crippen LogP contribution in [0.15, 0.2) is 46.3 Å². The molecular weight excluding hydrogens is 356 g/mol. The first kappa shape index (κ1) is 18.1. The SMILES string of the molecule is CC12CC(C(=O)NCCS)=CC(N=O)=C1C(=O)c1c(O)cccc1C2=O. The summed E-state index contributed by atoms with van der Waals surface area (Å²) in [7, 11) is 0. The van der Waals surface area contributed by atoms with Gasteiger partial charge >= 0.3 is 0 Å². The molecule has 134 valence electrons. The van der Waals surface area contributed by atoms with E-state index in [0.29, 0.717) is 12.3 Å². The minimum Gasteiger partial charge on any atom is -0.507 e. The van der Waals surface area contributed by atoms with Crippen molar-refractivity contribution in [3.8, 4) is 5.75 Å². The van der Waals surface area contributed by atoms with Crippen LogP contribution in [0.4, 0.5) is 0 Å². The van der Waals surface area contributed by atoms with E-state index in [4.69, 9.17) is 0 Å². The summed E-state index contributed by atoms with van der Waals surface area (Å²) in [6.07, 6.45) is 1.19. The van der Waals surface area contributed by atoms with Gasteiger partial charge in [0, 0.05) is 29.0 Å². The molecule has 3 rings (SSSR count). The first-order chi connectivity index (χ1) is 12.3. The number of aromatic hydroxyl groups is 1. The van der Waals surface area contributed by atoms with Crippen LogP contribution in [-0.4, -0.2) is 34.9 Å². The normalized spacial score (nSPS) is 21.7. The molecular formula is C18H16N2O5S. The highest BCUT2D eigenvalue weighted by Crippen LogP contribution is 2.49. The second kappa shape index (κ2) is 6.53. The van der Waals surface area contributed by atoms with Gasteiger partial charge in [0.05, 0.1) is 11.0 Å². The van der Waals surface area contributed by atoms with Gasteiger partial charge in [-0.3, -0.25) is 14.4 Å². The number of carbonyl (C=O) groups is 3. The Balaban J connectivity index is 2.20. The first-order valence-electron chi connectivity index (χ1n) is 7.94. The van der Waals surface area contributed by atoms with Crippen LogP contribution in [0.2, 0.25) is 0 Å². The summed E-state index contributed by atoms with van der Waals surface area (Å²) in [5.41, 5.74) is -1.62. The smallest absolute Gasteiger partial charge is 0.247 e. The zero-order valence-corrected chi connectivity index (χ0v) is 14.8. The fraction of sp³-hybridized carbons (Fsp3) is 0.278. The molecule has 0 radical (unpaired) electrons. The molecule has 1 aromatic rings. The highest BCUT2D eigenvalue weighted by atomic mass is 32.1. The molecule has 1 atom stereocenters. The Morgan fingerprint density at radius 2 is 2.12 bits per heavy atom. The molecule has 0 heterocycles. The monoisotopic (exact) mass is 372 g/mol. The maximum absolute atomic E-state index is 13.1. The summed E-state index contributed by atoms with van der Waals surface area (Å²) < 4.78 is 0. The van der Waals surface area contributed by atoms with E-state index in [1.807, 2.05) is 0 Å². The van der Waals surface area contributed by atoms with Gasteiger partial charge in [0.1, 0.15) is 11.4 Å². The number of nitrogens with one attached hydrogen (secondary N) is 1. The fourth-order valence-corrected chi connectivity index (χ4v) is 3.60. The average molecular weight is 372 g/mol. The number of thiol groups is 1. The van der Waals surface area contributed by atoms with Gasteiger partial charge in [0.2, 0.25) is 5.91 Å². The number of allylic oxidation sites excluding steroid dienone is 2. The Kier molecular flexibility index (Phi) is 4.53. The number of benzene rings is 1. The molecule has 1 unspecified atom stereocenters. The van der Waals surface area contributed by atoms with Gasteiger partial charge < -0.3 is 10.4 Å². The van der Waals surface area contributed by atoms with Crippen LogP contribution in [0.5, 0.6) is 5.75 Å². The van der Waals surface area contributed by atoms with Crippen LogP contribution in [0, 0.1) is 10.3 Å². The molecule has 8 heteroatoms. The minimum absolute atomic E-state index is 0.0422. The van der Waals surface area contributed by atoms with E-state index in [2.05, 4.69) is 23.1 Å². The third-order valence-corrected chi connectivity index (χ3v) is 4.92. The number of carbonyl (C=O) groups excluding carboxylic acids is 3. The van der Waals surface area contributed by atoms with Crippen LogP contribution in [0.1, 0.15) is 34.1 Å². The molecule has 0 spiro atoms. The fourth-order valence-electron chi connectivity index (χ4n) is 3.49. The minimum atomic E-state index is -1.40. The molecule has 7 nitrogen and oxygen atoms in total. The quantitative estimate of drug-likeness (QED) is 0.554. The number of ketones is 2. The van der Waals surface area contributed by atoms with Gasteiger partial charge in [-0.25, -0.2) is 0 Å². The Hall–Kier alpha value is -2.74. The lowest BCUT2D eigenvalue weighted by molar-refractivity contribution is -0.117. The number of hydrogen-bond acceptors (Lipinski definition) is 7. The van der Waals surface area contributed by atoms with E-state index in [0.717, 1.165) is 0 Å². The molecule has 2 N–H and O–H groups in total. The zero-order chi connectivity index (χ0) is 19.1. The van der Waals surface area contributed by atoms with Crippen LogP contribution in [0.25, 0.3) is 0 Å². The van der Waals surface area contributed by atoms with E-state index in [-0.39, 0.29) is 40.1 Å². The third-order valence-electron chi connectivity index (χ3n) is 4.69. The third kappa shape index (κ3) is 2.57. The number of rotatable bonds is 4. The topological polar surface area (TPSA) is 113 Å². The Morgan fingerprint density at radius 1 is 1.38 bits per heavy atom. The van der Waals surface area contributed by atoms with E-state index in [9.17, 15) is 24.4 Å². The summed E-state index contributed by atoms with van der Waals surface area (Å²) in [6, 6.07) is 4.22. The van der Waals surface area contributed by atoms with Crippen molar-refractivity contribution in [1.82, 2.24) is 5.32 Å². The standard InChI is InChI=1S/C18H16N2O5S/c1-18-8-9(17(24)19-5-6-26)7-11(20-25)14(18)15(22)13-10(16(18)23)3-2-4-12(13)21/h2-4,7,21,26H,5-6,8H2,1H3,(H,19,24). The van der Waals surface area contributed by atoms with E-state index in [1.54, 1.807) is 0 Å². The van der Waals surface area contributed by atoms with Crippen molar-refractivity contribution in [3.63, 3.8) is 0 Å². The maximum atomic E-state index is 13.1. The number of fused-ring (bicyclic) bond motifs is 2. The molecule has 0 aliphatic heterocycles. The van der Waals surface area contributed by atoms with Gasteiger partial charge in [0.25, 0.3) is 0 Å². The molecule has 0 fully saturated rings. The molecule has 1 aromatic carbocycles. The van der Waals surface area contributed by atoms with Crippen molar-refractivity contribution < 1.29 is 19.5 Å². The number of amides is 1. The van der Waals surface area contributed by atoms with Gasteiger partial charge in [-0.1, -0.05) is 12.1 Å². The van der Waals surface area contributed by atoms with E-state index in [1.165, 1.54) is 31.2 Å². The van der Waals surface area contributed by atoms with Crippen LogP contribution in [0.3, 0.4) is 0 Å². The second-order valence-electron chi connectivity index (χ2n) is 6.37. The Bertz CT molecular complexity index is 918. The zero-order valence-electron chi connectivity index (χ0n) is 13.9. The molecule has 0 aromatic heterocycles. The average Bonchev–Trinajstić information content (AvgIpc) is 2.63. The summed E-state index contributed by atoms with van der Waals surface area (Å²) in [4.78, 5) is 49.7. The van der Waals surface area contributed by atoms with Crippen LogP contribution in [-0.2, 0) is 4.79 Å². The highest BCUT2D eigenvalue weighted by molar-refractivity contribution is 7.80. The predicted octanol–water partition coefficient (Wildman–Crippen LogP) is 2.17. The van der Waals surface area contributed by atoms with E-state index >= 15 is 0 Å². The van der Waals surface area contributed by atoms with Gasteiger partial charge in [-0.05, 0) is 30.7 Å². The number of Topliss-reactive ketones (excluding diaryl/α,β-unsaturated/α-hetero) is 2. The van der Waals surface area contributed by atoms with Gasteiger partial charge in [-0.15, -0.1) is 4.91 Å². The van der Waals surface area contributed by atoms with Crippen molar-refractivity contribution in [2.24, 2.45) is 10.6 Å². The van der Waals surface area contributed by atoms with Crippen molar-refractivity contribution in [2.45, 2.75) is 13.3 Å². The maximum Gasteiger partial charge on any atom is 0.247 e. The Morgan fingerprint density at radius 3 is 2.77 bits per heavy atom.